The molecular formula is C9H12ClO3P. The minimum absolute atomic E-state index is 0.234. The van der Waals surface area contributed by atoms with Gasteiger partial charge < -0.3 is 4.52 Å². The molecular weight excluding hydrogens is 223 g/mol. The first-order valence-electron chi connectivity index (χ1n) is 4.22. The average molecular weight is 235 g/mol. The molecule has 0 fully saturated rings. The Kier molecular flexibility index (Phi) is 3.99. The summed E-state index contributed by atoms with van der Waals surface area (Å²) in [6, 6.07) is 8.69. The van der Waals surface area contributed by atoms with Gasteiger partial charge in [0.15, 0.2) is 0 Å². The molecule has 14 heavy (non-hydrogen) atoms. The molecule has 0 saturated heterocycles. The van der Waals surface area contributed by atoms with Gasteiger partial charge in [-0.15, -0.1) is 0 Å². The molecule has 1 atom stereocenters. The van der Waals surface area contributed by atoms with E-state index in [4.69, 9.17) is 20.3 Å². The zero-order chi connectivity index (χ0) is 10.6. The zero-order valence-electron chi connectivity index (χ0n) is 8.01. The third-order valence-corrected chi connectivity index (χ3v) is 2.84. The minimum Gasteiger partial charge on any atom is -0.413 e. The van der Waals surface area contributed by atoms with E-state index in [0.717, 1.165) is 0 Å². The second-order valence-corrected chi connectivity index (χ2v) is 5.49. The van der Waals surface area contributed by atoms with Crippen molar-refractivity contribution in [2.45, 2.75) is 20.0 Å². The lowest BCUT2D eigenvalue weighted by Crippen LogP contribution is -2.01. The highest BCUT2D eigenvalue weighted by molar-refractivity contribution is 7.81. The maximum atomic E-state index is 11.5. The predicted octanol–water partition coefficient (Wildman–Crippen LogP) is 3.84. The Morgan fingerprint density at radius 2 is 1.86 bits per heavy atom. The summed E-state index contributed by atoms with van der Waals surface area (Å²) < 4.78 is 21.5. The fourth-order valence-corrected chi connectivity index (χ4v) is 2.52. The van der Waals surface area contributed by atoms with Gasteiger partial charge in [-0.3, -0.25) is 4.52 Å². The van der Waals surface area contributed by atoms with Gasteiger partial charge in [0.1, 0.15) is 5.75 Å². The summed E-state index contributed by atoms with van der Waals surface area (Å²) in [5.74, 6) is 0.437. The molecule has 1 rings (SSSR count). The molecule has 0 N–H and O–H groups in total. The highest BCUT2D eigenvalue weighted by atomic mass is 35.7. The fraction of sp³-hybridized carbons (Fsp3) is 0.333. The van der Waals surface area contributed by atoms with E-state index >= 15 is 0 Å². The van der Waals surface area contributed by atoms with E-state index in [1.807, 2.05) is 6.07 Å². The maximum absolute atomic E-state index is 11.5. The van der Waals surface area contributed by atoms with Gasteiger partial charge in [-0.25, -0.2) is 4.57 Å². The number of halogens is 1. The molecule has 3 nitrogen and oxygen atoms in total. The van der Waals surface area contributed by atoms with E-state index < -0.39 is 6.95 Å². The van der Waals surface area contributed by atoms with Gasteiger partial charge in [-0.1, -0.05) is 18.2 Å². The van der Waals surface area contributed by atoms with Crippen LogP contribution < -0.4 is 4.52 Å². The van der Waals surface area contributed by atoms with Crippen molar-refractivity contribution in [3.8, 4) is 5.75 Å². The molecule has 1 aromatic carbocycles. The van der Waals surface area contributed by atoms with E-state index in [-0.39, 0.29) is 6.10 Å². The van der Waals surface area contributed by atoms with Crippen LogP contribution in [-0.4, -0.2) is 6.10 Å². The molecule has 0 aliphatic carbocycles. The highest BCUT2D eigenvalue weighted by Crippen LogP contribution is 2.54. The third kappa shape index (κ3) is 4.14. The summed E-state index contributed by atoms with van der Waals surface area (Å²) in [5.41, 5.74) is 0. The largest absolute Gasteiger partial charge is 0.476 e. The van der Waals surface area contributed by atoms with Crippen molar-refractivity contribution in [2.75, 3.05) is 0 Å². The summed E-state index contributed by atoms with van der Waals surface area (Å²) in [4.78, 5) is 0. The van der Waals surface area contributed by atoms with Crippen LogP contribution in [0.2, 0.25) is 0 Å². The molecule has 0 amide bonds. The van der Waals surface area contributed by atoms with E-state index in [1.54, 1.807) is 38.1 Å². The van der Waals surface area contributed by atoms with Crippen molar-refractivity contribution >= 4 is 18.2 Å². The lowest BCUT2D eigenvalue weighted by Gasteiger charge is -2.14. The molecule has 0 spiro atoms. The van der Waals surface area contributed by atoms with Gasteiger partial charge in [0.2, 0.25) is 0 Å². The van der Waals surface area contributed by atoms with Gasteiger partial charge >= 0.3 is 6.95 Å². The Morgan fingerprint density at radius 1 is 1.29 bits per heavy atom. The molecule has 0 radical (unpaired) electrons. The SMILES string of the molecule is CC(C)OP(=O)(Cl)Oc1ccccc1. The Bertz CT molecular complexity index is 326. The van der Waals surface area contributed by atoms with Crippen LogP contribution in [0.5, 0.6) is 5.75 Å². The quantitative estimate of drug-likeness (QED) is 0.743. The molecule has 0 aliphatic rings. The molecule has 0 heterocycles. The number of rotatable bonds is 4. The summed E-state index contributed by atoms with van der Waals surface area (Å²) in [6.07, 6.45) is -0.234. The number of hydrogen-bond acceptors (Lipinski definition) is 3. The highest BCUT2D eigenvalue weighted by Gasteiger charge is 2.24. The number of hydrogen-bond donors (Lipinski definition) is 0. The van der Waals surface area contributed by atoms with Gasteiger partial charge in [-0.2, -0.15) is 0 Å². The van der Waals surface area contributed by atoms with Gasteiger partial charge in [0, 0.05) is 11.2 Å². The smallest absolute Gasteiger partial charge is 0.413 e. The van der Waals surface area contributed by atoms with Crippen LogP contribution in [-0.2, 0) is 9.09 Å². The molecule has 0 saturated carbocycles. The Morgan fingerprint density at radius 3 is 2.36 bits per heavy atom. The van der Waals surface area contributed by atoms with Gasteiger partial charge in [0.25, 0.3) is 0 Å². The van der Waals surface area contributed by atoms with E-state index in [1.165, 1.54) is 0 Å². The van der Waals surface area contributed by atoms with Crippen LogP contribution in [0.4, 0.5) is 0 Å². The first kappa shape index (κ1) is 11.6. The van der Waals surface area contributed by atoms with Crippen molar-refractivity contribution < 1.29 is 13.6 Å². The second-order valence-electron chi connectivity index (χ2n) is 2.99. The van der Waals surface area contributed by atoms with E-state index in [2.05, 4.69) is 0 Å². The minimum atomic E-state index is -3.50. The Hall–Kier alpha value is -0.500. The first-order valence-corrected chi connectivity index (χ1v) is 6.67. The fourth-order valence-electron chi connectivity index (χ4n) is 0.881. The van der Waals surface area contributed by atoms with Crippen LogP contribution in [0.25, 0.3) is 0 Å². The van der Waals surface area contributed by atoms with Crippen LogP contribution in [0.3, 0.4) is 0 Å². The second kappa shape index (κ2) is 4.83. The van der Waals surface area contributed by atoms with Crippen LogP contribution >= 0.6 is 18.2 Å². The normalized spacial score (nSPS) is 15.1. The summed E-state index contributed by atoms with van der Waals surface area (Å²) >= 11 is 5.58. The predicted molar refractivity (Wildman–Crippen MR) is 56.8 cm³/mol. The lowest BCUT2D eigenvalue weighted by atomic mass is 10.3. The van der Waals surface area contributed by atoms with E-state index in [0.29, 0.717) is 5.75 Å². The van der Waals surface area contributed by atoms with Crippen molar-refractivity contribution in [1.29, 1.82) is 0 Å². The molecule has 78 valence electrons. The third-order valence-electron chi connectivity index (χ3n) is 1.29. The average Bonchev–Trinajstić information content (AvgIpc) is 2.02. The number of benzene rings is 1. The number of para-hydroxylation sites is 1. The van der Waals surface area contributed by atoms with Gasteiger partial charge in [0.05, 0.1) is 6.10 Å². The topological polar surface area (TPSA) is 35.5 Å². The van der Waals surface area contributed by atoms with E-state index in [9.17, 15) is 4.57 Å². The molecule has 0 bridgehead atoms. The maximum Gasteiger partial charge on any atom is 0.476 e. The Labute approximate surface area is 88.3 Å². The van der Waals surface area contributed by atoms with Crippen molar-refractivity contribution in [3.05, 3.63) is 30.3 Å². The molecule has 0 aliphatic heterocycles. The first-order chi connectivity index (χ1) is 6.49. The Balaban J connectivity index is 2.64. The standard InChI is InChI=1S/C9H12ClO3P/c1-8(2)12-14(10,11)13-9-6-4-3-5-7-9/h3-8H,1-2H3. The monoisotopic (exact) mass is 234 g/mol. The summed E-state index contributed by atoms with van der Waals surface area (Å²) in [5, 5.41) is 0. The zero-order valence-corrected chi connectivity index (χ0v) is 9.66. The lowest BCUT2D eigenvalue weighted by molar-refractivity contribution is 0.220. The summed E-state index contributed by atoms with van der Waals surface area (Å²) in [6.45, 7) is -0.0194. The molecule has 1 aromatic rings. The van der Waals surface area contributed by atoms with Crippen LogP contribution in [0, 0.1) is 0 Å². The molecule has 0 aromatic heterocycles. The summed E-state index contributed by atoms with van der Waals surface area (Å²) in [7, 11) is 0. The van der Waals surface area contributed by atoms with Crippen LogP contribution in [0.1, 0.15) is 13.8 Å². The molecule has 5 heteroatoms. The van der Waals surface area contributed by atoms with Crippen molar-refractivity contribution in [2.24, 2.45) is 0 Å². The van der Waals surface area contributed by atoms with Crippen molar-refractivity contribution in [1.82, 2.24) is 0 Å². The van der Waals surface area contributed by atoms with Gasteiger partial charge in [-0.05, 0) is 26.0 Å². The molecule has 1 unspecified atom stereocenters. The van der Waals surface area contributed by atoms with Crippen LogP contribution in [0.15, 0.2) is 30.3 Å². The van der Waals surface area contributed by atoms with Crippen molar-refractivity contribution in [3.63, 3.8) is 0 Å².